The first kappa shape index (κ1) is 24.4. The van der Waals surface area contributed by atoms with Crippen molar-refractivity contribution in [2.45, 2.75) is 25.9 Å². The number of aromatic nitrogens is 2. The molecule has 2 heterocycles. The molecule has 1 aliphatic heterocycles. The molecule has 0 aliphatic carbocycles. The number of H-pyrrole nitrogens is 1. The molecule has 2 amide bonds. The number of piperidine rings is 1. The number of hydrogen-bond donors (Lipinski definition) is 1. The number of carbonyl (C=O) groups is 2. The van der Waals surface area contributed by atoms with E-state index in [-0.39, 0.29) is 35.7 Å². The third-order valence-corrected chi connectivity index (χ3v) is 6.75. The van der Waals surface area contributed by atoms with Crippen molar-refractivity contribution in [3.8, 4) is 0 Å². The molecule has 3 aromatic carbocycles. The average Bonchev–Trinajstić information content (AvgIpc) is 2.93. The van der Waals surface area contributed by atoms with Gasteiger partial charge in [0.1, 0.15) is 11.6 Å². The number of nitrogens with one attached hydrogen (secondary N) is 1. The molecular weight excluding hydrogens is 471 g/mol. The molecule has 37 heavy (non-hydrogen) atoms. The van der Waals surface area contributed by atoms with Crippen LogP contribution in [0.4, 0.5) is 4.39 Å². The fourth-order valence-corrected chi connectivity index (χ4v) is 4.77. The van der Waals surface area contributed by atoms with Gasteiger partial charge in [-0.15, -0.1) is 0 Å². The lowest BCUT2D eigenvalue weighted by molar-refractivity contribution is -0.138. The summed E-state index contributed by atoms with van der Waals surface area (Å²) in [5.74, 6) is -0.412. The van der Waals surface area contributed by atoms with Gasteiger partial charge in [0.2, 0.25) is 5.91 Å². The van der Waals surface area contributed by atoms with Crippen molar-refractivity contribution in [3.63, 3.8) is 0 Å². The minimum absolute atomic E-state index is 0.0338. The summed E-state index contributed by atoms with van der Waals surface area (Å²) in [5, 5.41) is 0.505. The molecule has 5 rings (SSSR count). The Balaban J connectivity index is 1.32. The largest absolute Gasteiger partial charge is 0.339 e. The Kier molecular flexibility index (Phi) is 7.07. The quantitative estimate of drug-likeness (QED) is 0.433. The maximum Gasteiger partial charge on any atom is 0.258 e. The van der Waals surface area contributed by atoms with Crippen molar-refractivity contribution in [1.82, 2.24) is 19.8 Å². The number of benzene rings is 3. The van der Waals surface area contributed by atoms with Gasteiger partial charge in [-0.1, -0.05) is 42.5 Å². The summed E-state index contributed by atoms with van der Waals surface area (Å²) in [7, 11) is 0. The highest BCUT2D eigenvalue weighted by molar-refractivity contribution is 5.94. The predicted octanol–water partition coefficient (Wildman–Crippen LogP) is 4.14. The van der Waals surface area contributed by atoms with E-state index < -0.39 is 0 Å². The second kappa shape index (κ2) is 10.7. The first-order chi connectivity index (χ1) is 18.0. The minimum atomic E-state index is -0.387. The van der Waals surface area contributed by atoms with Crippen molar-refractivity contribution in [3.05, 3.63) is 112 Å². The lowest BCUT2D eigenvalue weighted by Crippen LogP contribution is -2.44. The molecule has 1 aromatic heterocycles. The van der Waals surface area contributed by atoms with Crippen molar-refractivity contribution in [2.24, 2.45) is 5.92 Å². The van der Waals surface area contributed by atoms with Crippen LogP contribution >= 0.6 is 0 Å². The number of aromatic amines is 1. The Morgan fingerprint density at radius 1 is 0.919 bits per heavy atom. The molecular formula is C29H27FN4O3. The SMILES string of the molecule is O=C(c1ccc(F)cc1)N1CCC(C(=O)N(Cc2ccccc2)Cc2nc3ccccc3c(=O)[nH]2)CC1. The summed E-state index contributed by atoms with van der Waals surface area (Å²) in [6.07, 6.45) is 1.05. The van der Waals surface area contributed by atoms with Crippen LogP contribution in [0.2, 0.25) is 0 Å². The lowest BCUT2D eigenvalue weighted by atomic mass is 9.94. The molecule has 8 heteroatoms. The van der Waals surface area contributed by atoms with Gasteiger partial charge in [0.05, 0.1) is 17.4 Å². The summed E-state index contributed by atoms with van der Waals surface area (Å²) < 4.78 is 13.2. The van der Waals surface area contributed by atoms with E-state index in [1.54, 1.807) is 28.0 Å². The van der Waals surface area contributed by atoms with E-state index in [1.807, 2.05) is 36.4 Å². The molecule has 1 N–H and O–H groups in total. The van der Waals surface area contributed by atoms with E-state index in [0.29, 0.717) is 54.8 Å². The predicted molar refractivity (Wildman–Crippen MR) is 138 cm³/mol. The van der Waals surface area contributed by atoms with Gasteiger partial charge in [0.25, 0.3) is 11.5 Å². The zero-order chi connectivity index (χ0) is 25.8. The highest BCUT2D eigenvalue weighted by atomic mass is 19.1. The topological polar surface area (TPSA) is 86.4 Å². The number of likely N-dealkylation sites (tertiary alicyclic amines) is 1. The molecule has 0 spiro atoms. The number of halogens is 1. The molecule has 1 aliphatic rings. The van der Waals surface area contributed by atoms with Crippen LogP contribution in [-0.4, -0.2) is 44.7 Å². The van der Waals surface area contributed by atoms with Gasteiger partial charge in [-0.25, -0.2) is 9.37 Å². The summed E-state index contributed by atoms with van der Waals surface area (Å²) in [6, 6.07) is 22.3. The zero-order valence-electron chi connectivity index (χ0n) is 20.3. The monoisotopic (exact) mass is 498 g/mol. The first-order valence-corrected chi connectivity index (χ1v) is 12.3. The molecule has 1 fully saturated rings. The number of hydrogen-bond acceptors (Lipinski definition) is 4. The van der Waals surface area contributed by atoms with Crippen LogP contribution in [0.3, 0.4) is 0 Å². The smallest absolute Gasteiger partial charge is 0.258 e. The van der Waals surface area contributed by atoms with Gasteiger partial charge >= 0.3 is 0 Å². The normalized spacial score (nSPS) is 14.0. The third-order valence-electron chi connectivity index (χ3n) is 6.75. The lowest BCUT2D eigenvalue weighted by Gasteiger charge is -2.34. The van der Waals surface area contributed by atoms with E-state index in [1.165, 1.54) is 24.3 Å². The molecule has 188 valence electrons. The fraction of sp³-hybridized carbons (Fsp3) is 0.241. The summed E-state index contributed by atoms with van der Waals surface area (Å²) in [5.41, 5.74) is 1.76. The van der Waals surface area contributed by atoms with E-state index in [0.717, 1.165) is 5.56 Å². The first-order valence-electron chi connectivity index (χ1n) is 12.3. The highest BCUT2D eigenvalue weighted by Crippen LogP contribution is 2.23. The molecule has 0 saturated carbocycles. The Labute approximate surface area is 213 Å². The molecule has 0 bridgehead atoms. The standard InChI is InChI=1S/C29H27FN4O3/c30-23-12-10-21(11-13-23)28(36)33-16-14-22(15-17-33)29(37)34(18-20-6-2-1-3-7-20)19-26-31-25-9-5-4-8-24(25)27(35)32-26/h1-13,22H,14-19H2,(H,31,32,35). The number of nitrogens with zero attached hydrogens (tertiary/aromatic N) is 3. The van der Waals surface area contributed by atoms with E-state index >= 15 is 0 Å². The van der Waals surface area contributed by atoms with E-state index in [2.05, 4.69) is 9.97 Å². The van der Waals surface area contributed by atoms with Crippen LogP contribution in [0.5, 0.6) is 0 Å². The Hall–Kier alpha value is -4.33. The van der Waals surface area contributed by atoms with Gasteiger partial charge in [0.15, 0.2) is 0 Å². The van der Waals surface area contributed by atoms with Gasteiger partial charge in [-0.2, -0.15) is 0 Å². The molecule has 1 saturated heterocycles. The molecule has 0 radical (unpaired) electrons. The number of amides is 2. The average molecular weight is 499 g/mol. The maximum absolute atomic E-state index is 13.7. The maximum atomic E-state index is 13.7. The minimum Gasteiger partial charge on any atom is -0.339 e. The summed E-state index contributed by atoms with van der Waals surface area (Å²) in [6.45, 7) is 1.43. The number of carbonyl (C=O) groups excluding carboxylic acids is 2. The Morgan fingerprint density at radius 3 is 2.32 bits per heavy atom. The molecule has 0 atom stereocenters. The number of rotatable bonds is 6. The number of fused-ring (bicyclic) bond motifs is 1. The van der Waals surface area contributed by atoms with Crippen molar-refractivity contribution >= 4 is 22.7 Å². The van der Waals surface area contributed by atoms with Gasteiger partial charge in [0, 0.05) is 31.1 Å². The summed E-state index contributed by atoms with van der Waals surface area (Å²) >= 11 is 0. The summed E-state index contributed by atoms with van der Waals surface area (Å²) in [4.78, 5) is 50.0. The van der Waals surface area contributed by atoms with Crippen molar-refractivity contribution < 1.29 is 14.0 Å². The molecule has 0 unspecified atom stereocenters. The van der Waals surface area contributed by atoms with Crippen LogP contribution < -0.4 is 5.56 Å². The van der Waals surface area contributed by atoms with E-state index in [4.69, 9.17) is 0 Å². The highest BCUT2D eigenvalue weighted by Gasteiger charge is 2.31. The van der Waals surface area contributed by atoms with Gasteiger partial charge < -0.3 is 14.8 Å². The van der Waals surface area contributed by atoms with Crippen LogP contribution in [0, 0.1) is 11.7 Å². The van der Waals surface area contributed by atoms with Gasteiger partial charge in [-0.05, 0) is 54.8 Å². The van der Waals surface area contributed by atoms with Crippen LogP contribution in [0.1, 0.15) is 34.6 Å². The Bertz CT molecular complexity index is 1460. The van der Waals surface area contributed by atoms with Crippen molar-refractivity contribution in [2.75, 3.05) is 13.1 Å². The second-order valence-electron chi connectivity index (χ2n) is 9.28. The molecule has 7 nitrogen and oxygen atoms in total. The van der Waals surface area contributed by atoms with Crippen LogP contribution in [0.15, 0.2) is 83.7 Å². The fourth-order valence-electron chi connectivity index (χ4n) is 4.77. The zero-order valence-corrected chi connectivity index (χ0v) is 20.3. The number of para-hydroxylation sites is 1. The van der Waals surface area contributed by atoms with Gasteiger partial charge in [-0.3, -0.25) is 14.4 Å². The van der Waals surface area contributed by atoms with Crippen molar-refractivity contribution in [1.29, 1.82) is 0 Å². The molecule has 4 aromatic rings. The van der Waals surface area contributed by atoms with Crippen LogP contribution in [-0.2, 0) is 17.9 Å². The van der Waals surface area contributed by atoms with Crippen LogP contribution in [0.25, 0.3) is 10.9 Å². The third kappa shape index (κ3) is 5.58. The second-order valence-corrected chi connectivity index (χ2v) is 9.28. The van der Waals surface area contributed by atoms with E-state index in [9.17, 15) is 18.8 Å². The Morgan fingerprint density at radius 2 is 1.59 bits per heavy atom.